The molecule has 2 aromatic rings. The minimum Gasteiger partial charge on any atom is -0.233 e. The second kappa shape index (κ2) is 5.38. The molecule has 0 N–H and O–H groups in total. The minimum absolute atomic E-state index is 0.596. The molecule has 5 heteroatoms. The van der Waals surface area contributed by atoms with Crippen LogP contribution in [0.4, 0.5) is 0 Å². The van der Waals surface area contributed by atoms with Crippen molar-refractivity contribution < 1.29 is 4.57 Å². The van der Waals surface area contributed by atoms with Gasteiger partial charge < -0.3 is 0 Å². The van der Waals surface area contributed by atoms with Crippen molar-refractivity contribution in [3.8, 4) is 0 Å². The van der Waals surface area contributed by atoms with Gasteiger partial charge in [0.2, 0.25) is 6.33 Å². The third-order valence-corrected chi connectivity index (χ3v) is 2.93. The quantitative estimate of drug-likeness (QED) is 0.335. The van der Waals surface area contributed by atoms with Crippen LogP contribution in [0.2, 0.25) is 0 Å². The number of fused-ring (bicyclic) bond motifs is 1. The van der Waals surface area contributed by atoms with Gasteiger partial charge in [0, 0.05) is 10.6 Å². The lowest BCUT2D eigenvalue weighted by molar-refractivity contribution is -0.645. The Morgan fingerprint density at radius 3 is 3.06 bits per heavy atom. The number of hydrogen-bond acceptors (Lipinski definition) is 1. The van der Waals surface area contributed by atoms with Crippen LogP contribution in [0, 0.1) is 0 Å². The number of aromatic nitrogens is 2. The lowest BCUT2D eigenvalue weighted by atomic mass is 10.2. The molecule has 0 aliphatic rings. The predicted octanol–water partition coefficient (Wildman–Crippen LogP) is 3.07. The molecular weight excluding hydrogens is 226 g/mol. The van der Waals surface area contributed by atoms with Crippen molar-refractivity contribution >= 4 is 11.0 Å². The van der Waals surface area contributed by atoms with E-state index in [4.69, 9.17) is 5.53 Å². The van der Waals surface area contributed by atoms with Crippen LogP contribution in [-0.4, -0.2) is 4.57 Å². The largest absolute Gasteiger partial charge is 0.244 e. The first-order valence-electron chi connectivity index (χ1n) is 5.89. The molecule has 2 rings (SSSR count). The molecule has 0 aliphatic heterocycles. The maximum atomic E-state index is 8.29. The predicted molar refractivity (Wildman–Crippen MR) is 70.6 cm³/mol. The van der Waals surface area contributed by atoms with Crippen molar-refractivity contribution in [3.05, 3.63) is 53.3 Å². The molecule has 1 heterocycles. The van der Waals surface area contributed by atoms with Gasteiger partial charge in [-0.05, 0) is 30.5 Å². The number of para-hydroxylation sites is 2. The molecule has 0 fully saturated rings. The summed E-state index contributed by atoms with van der Waals surface area (Å²) in [6.45, 7) is 4.60. The molecule has 1 aromatic heterocycles. The molecule has 0 amide bonds. The van der Waals surface area contributed by atoms with E-state index < -0.39 is 0 Å². The number of allylic oxidation sites excluding steroid dienone is 1. The molecule has 0 saturated carbocycles. The Morgan fingerprint density at radius 1 is 1.50 bits per heavy atom. The van der Waals surface area contributed by atoms with Crippen LogP contribution >= 0.6 is 0 Å². The van der Waals surface area contributed by atoms with Gasteiger partial charge >= 0.3 is 0 Å². The fourth-order valence-corrected chi connectivity index (χ4v) is 2.08. The van der Waals surface area contributed by atoms with Gasteiger partial charge in [-0.15, -0.1) is 0 Å². The third-order valence-electron chi connectivity index (χ3n) is 2.93. The molecule has 0 bridgehead atoms. The van der Waals surface area contributed by atoms with Crippen LogP contribution in [0.1, 0.15) is 12.8 Å². The van der Waals surface area contributed by atoms with Crippen LogP contribution in [-0.2, 0) is 13.6 Å². The molecule has 18 heavy (non-hydrogen) atoms. The Hall–Kier alpha value is -2.26. The van der Waals surface area contributed by atoms with E-state index in [1.807, 2.05) is 19.2 Å². The van der Waals surface area contributed by atoms with E-state index in [0.717, 1.165) is 19.4 Å². The lowest BCUT2D eigenvalue weighted by Gasteiger charge is -1.98. The first-order valence-corrected chi connectivity index (χ1v) is 5.89. The Kier molecular flexibility index (Phi) is 3.65. The standard InChI is InChI=1S/C13H16N5/c1-11(15-16-14)6-5-9-18-10-17(2)12-7-3-4-8-13(12)18/h3-4,7-8,10H,1,5-6,9H2,2H3/q+1. The van der Waals surface area contributed by atoms with Gasteiger partial charge in [-0.1, -0.05) is 23.8 Å². The van der Waals surface area contributed by atoms with Gasteiger partial charge in [-0.2, -0.15) is 0 Å². The summed E-state index contributed by atoms with van der Waals surface area (Å²) in [5.41, 5.74) is 11.3. The van der Waals surface area contributed by atoms with Crippen LogP contribution in [0.15, 0.2) is 48.0 Å². The summed E-state index contributed by atoms with van der Waals surface area (Å²) in [5, 5.41) is 3.49. The summed E-state index contributed by atoms with van der Waals surface area (Å²) in [6.07, 6.45) is 3.72. The zero-order chi connectivity index (χ0) is 13.0. The number of hydrogen-bond donors (Lipinski definition) is 0. The maximum absolute atomic E-state index is 8.29. The van der Waals surface area contributed by atoms with Crippen LogP contribution < -0.4 is 4.57 Å². The van der Waals surface area contributed by atoms with E-state index in [0.29, 0.717) is 5.70 Å². The first kappa shape index (κ1) is 12.2. The van der Waals surface area contributed by atoms with Crippen LogP contribution in [0.3, 0.4) is 0 Å². The average molecular weight is 242 g/mol. The summed E-state index contributed by atoms with van der Waals surface area (Å²) in [7, 11) is 2.04. The summed E-state index contributed by atoms with van der Waals surface area (Å²) < 4.78 is 4.32. The SMILES string of the molecule is C=C(CCCn1c[n+](C)c2ccccc21)N=[N+]=[N-]. The Balaban J connectivity index is 2.08. The third kappa shape index (κ3) is 2.52. The number of azide groups is 1. The zero-order valence-corrected chi connectivity index (χ0v) is 10.5. The van der Waals surface area contributed by atoms with Gasteiger partial charge in [-0.25, -0.2) is 9.13 Å². The van der Waals surface area contributed by atoms with Crippen molar-refractivity contribution in [1.29, 1.82) is 0 Å². The van der Waals surface area contributed by atoms with E-state index in [1.165, 1.54) is 11.0 Å². The second-order valence-electron chi connectivity index (χ2n) is 4.27. The molecule has 92 valence electrons. The number of rotatable bonds is 5. The topological polar surface area (TPSA) is 57.6 Å². The molecule has 0 atom stereocenters. The highest BCUT2D eigenvalue weighted by atomic mass is 15.1. The molecule has 0 radical (unpaired) electrons. The van der Waals surface area contributed by atoms with Gasteiger partial charge in [0.1, 0.15) is 0 Å². The molecular formula is C13H16N5+. The zero-order valence-electron chi connectivity index (χ0n) is 10.5. The molecule has 0 aliphatic carbocycles. The van der Waals surface area contributed by atoms with E-state index in [9.17, 15) is 0 Å². The van der Waals surface area contributed by atoms with Gasteiger partial charge in [0.05, 0.1) is 13.6 Å². The fourth-order valence-electron chi connectivity index (χ4n) is 2.08. The normalized spacial score (nSPS) is 10.3. The highest BCUT2D eigenvalue weighted by molar-refractivity contribution is 5.71. The molecule has 0 saturated heterocycles. The molecule has 0 spiro atoms. The monoisotopic (exact) mass is 242 g/mol. The fraction of sp³-hybridized carbons (Fsp3) is 0.308. The summed E-state index contributed by atoms with van der Waals surface area (Å²) in [6, 6.07) is 8.29. The van der Waals surface area contributed by atoms with E-state index in [-0.39, 0.29) is 0 Å². The summed E-state index contributed by atoms with van der Waals surface area (Å²) >= 11 is 0. The Bertz CT molecular complexity index is 619. The Labute approximate surface area is 106 Å². The van der Waals surface area contributed by atoms with Crippen molar-refractivity contribution in [3.63, 3.8) is 0 Å². The lowest BCUT2D eigenvalue weighted by Crippen LogP contribution is -2.25. The van der Waals surface area contributed by atoms with Gasteiger partial charge in [0.15, 0.2) is 11.0 Å². The van der Waals surface area contributed by atoms with Crippen molar-refractivity contribution in [2.24, 2.45) is 12.2 Å². The Morgan fingerprint density at radius 2 is 2.28 bits per heavy atom. The first-order chi connectivity index (χ1) is 8.72. The smallest absolute Gasteiger partial charge is 0.233 e. The molecule has 1 aromatic carbocycles. The van der Waals surface area contributed by atoms with Crippen LogP contribution in [0.25, 0.3) is 21.5 Å². The number of imidazole rings is 1. The van der Waals surface area contributed by atoms with E-state index in [2.05, 4.69) is 44.2 Å². The second-order valence-corrected chi connectivity index (χ2v) is 4.27. The number of nitrogens with zero attached hydrogens (tertiary/aromatic N) is 5. The maximum Gasteiger partial charge on any atom is 0.244 e. The number of benzene rings is 1. The van der Waals surface area contributed by atoms with Crippen molar-refractivity contribution in [2.75, 3.05) is 0 Å². The van der Waals surface area contributed by atoms with Crippen molar-refractivity contribution in [2.45, 2.75) is 19.4 Å². The summed E-state index contributed by atoms with van der Waals surface area (Å²) in [5.74, 6) is 0. The van der Waals surface area contributed by atoms with Crippen LogP contribution in [0.5, 0.6) is 0 Å². The summed E-state index contributed by atoms with van der Waals surface area (Å²) in [4.78, 5) is 2.73. The van der Waals surface area contributed by atoms with Gasteiger partial charge in [0.25, 0.3) is 0 Å². The highest BCUT2D eigenvalue weighted by Gasteiger charge is 2.11. The molecule has 0 unspecified atom stereocenters. The molecule has 5 nitrogen and oxygen atoms in total. The van der Waals surface area contributed by atoms with E-state index >= 15 is 0 Å². The number of aryl methyl sites for hydroxylation is 2. The van der Waals surface area contributed by atoms with E-state index in [1.54, 1.807) is 0 Å². The minimum atomic E-state index is 0.596. The van der Waals surface area contributed by atoms with Crippen molar-refractivity contribution in [1.82, 2.24) is 4.57 Å². The average Bonchev–Trinajstić information content (AvgIpc) is 2.68. The van der Waals surface area contributed by atoms with Gasteiger partial charge in [-0.3, -0.25) is 0 Å². The highest BCUT2D eigenvalue weighted by Crippen LogP contribution is 2.12.